The van der Waals surface area contributed by atoms with Crippen LogP contribution >= 0.6 is 0 Å². The van der Waals surface area contributed by atoms with Gasteiger partial charge in [0.25, 0.3) is 0 Å². The minimum Gasteiger partial charge on any atom is -0.462 e. The fourth-order valence-corrected chi connectivity index (χ4v) is 1.49. The number of hydrogen-bond acceptors (Lipinski definition) is 2. The lowest BCUT2D eigenvalue weighted by Crippen LogP contribution is -1.96. The Morgan fingerprint density at radius 3 is 3.00 bits per heavy atom. The molecule has 0 aromatic heterocycles. The molecule has 15 heavy (non-hydrogen) atoms. The van der Waals surface area contributed by atoms with Gasteiger partial charge >= 0.3 is 5.97 Å². The fourth-order valence-electron chi connectivity index (χ4n) is 1.49. The van der Waals surface area contributed by atoms with Gasteiger partial charge < -0.3 is 4.74 Å². The van der Waals surface area contributed by atoms with Gasteiger partial charge in [0.2, 0.25) is 0 Å². The predicted octanol–water partition coefficient (Wildman–Crippen LogP) is 3.16. The van der Waals surface area contributed by atoms with Crippen molar-refractivity contribution >= 4 is 5.97 Å². The van der Waals surface area contributed by atoms with E-state index >= 15 is 0 Å². The van der Waals surface area contributed by atoms with E-state index in [1.165, 1.54) is 38.2 Å². The van der Waals surface area contributed by atoms with Gasteiger partial charge in [-0.2, -0.15) is 0 Å². The Morgan fingerprint density at radius 2 is 2.33 bits per heavy atom. The molecule has 1 aliphatic rings. The Hall–Kier alpha value is -1.31. The topological polar surface area (TPSA) is 26.3 Å². The van der Waals surface area contributed by atoms with E-state index in [1.807, 2.05) is 18.2 Å². The molecule has 0 fully saturated rings. The van der Waals surface area contributed by atoms with E-state index in [1.54, 1.807) is 0 Å². The van der Waals surface area contributed by atoms with Crippen molar-refractivity contribution in [1.29, 1.82) is 0 Å². The van der Waals surface area contributed by atoms with Crippen molar-refractivity contribution in [2.45, 2.75) is 32.6 Å². The summed E-state index contributed by atoms with van der Waals surface area (Å²) in [6, 6.07) is 0. The average Bonchev–Trinajstić information content (AvgIpc) is 2.24. The zero-order valence-electron chi connectivity index (χ0n) is 9.24. The third-order valence-electron chi connectivity index (χ3n) is 2.27. The van der Waals surface area contributed by atoms with Crippen LogP contribution < -0.4 is 0 Å². The maximum Gasteiger partial charge on any atom is 0.302 e. The van der Waals surface area contributed by atoms with E-state index in [-0.39, 0.29) is 5.97 Å². The van der Waals surface area contributed by atoms with Crippen molar-refractivity contribution < 1.29 is 9.53 Å². The molecule has 0 saturated heterocycles. The molecule has 0 bridgehead atoms. The van der Waals surface area contributed by atoms with E-state index in [9.17, 15) is 4.79 Å². The molecule has 0 atom stereocenters. The second-order valence-electron chi connectivity index (χ2n) is 3.61. The quantitative estimate of drug-likeness (QED) is 0.521. The van der Waals surface area contributed by atoms with Gasteiger partial charge in [-0.3, -0.25) is 4.79 Å². The van der Waals surface area contributed by atoms with E-state index in [0.29, 0.717) is 6.61 Å². The minimum absolute atomic E-state index is 0.237. The molecule has 0 aromatic carbocycles. The number of ether oxygens (including phenoxy) is 1. The predicted molar refractivity (Wildman–Crippen MR) is 61.5 cm³/mol. The van der Waals surface area contributed by atoms with Crippen molar-refractivity contribution in [3.63, 3.8) is 0 Å². The highest BCUT2D eigenvalue weighted by molar-refractivity contribution is 5.65. The zero-order chi connectivity index (χ0) is 10.9. The first-order valence-electron chi connectivity index (χ1n) is 5.44. The Balaban J connectivity index is 2.20. The first-order chi connectivity index (χ1) is 7.29. The van der Waals surface area contributed by atoms with Crippen LogP contribution in [0, 0.1) is 0 Å². The molecule has 0 spiro atoms. The summed E-state index contributed by atoms with van der Waals surface area (Å²) in [4.78, 5) is 10.4. The van der Waals surface area contributed by atoms with Crippen LogP contribution in [0.5, 0.6) is 0 Å². The molecule has 1 rings (SSSR count). The summed E-state index contributed by atoms with van der Waals surface area (Å²) in [6.45, 7) is 1.77. The van der Waals surface area contributed by atoms with Crippen LogP contribution in [-0.4, -0.2) is 12.6 Å². The smallest absolute Gasteiger partial charge is 0.302 e. The fraction of sp³-hybridized carbons (Fsp3) is 0.462. The number of hydrogen-bond donors (Lipinski definition) is 0. The Labute approximate surface area is 91.3 Å². The number of allylic oxidation sites excluding steroid dienone is 5. The third-order valence-corrected chi connectivity index (χ3v) is 2.27. The van der Waals surface area contributed by atoms with E-state index in [0.717, 1.165) is 0 Å². The first kappa shape index (κ1) is 11.8. The second-order valence-corrected chi connectivity index (χ2v) is 3.61. The monoisotopic (exact) mass is 206 g/mol. The van der Waals surface area contributed by atoms with Crippen LogP contribution in [0.1, 0.15) is 32.6 Å². The number of carbonyl (C=O) groups is 1. The summed E-state index contributed by atoms with van der Waals surface area (Å²) in [6.07, 6.45) is 15.2. The van der Waals surface area contributed by atoms with Gasteiger partial charge in [0, 0.05) is 6.92 Å². The molecule has 2 heteroatoms. The molecule has 0 saturated carbocycles. The number of esters is 1. The van der Waals surface area contributed by atoms with Gasteiger partial charge in [0.1, 0.15) is 6.61 Å². The Bertz CT molecular complexity index is 285. The largest absolute Gasteiger partial charge is 0.462 e. The molecular formula is C13H18O2. The highest BCUT2D eigenvalue weighted by atomic mass is 16.5. The number of rotatable bonds is 4. The van der Waals surface area contributed by atoms with Gasteiger partial charge in [0.15, 0.2) is 0 Å². The highest BCUT2D eigenvalue weighted by Gasteiger charge is 1.98. The highest BCUT2D eigenvalue weighted by Crippen LogP contribution is 2.17. The summed E-state index contributed by atoms with van der Waals surface area (Å²) < 4.78 is 4.76. The lowest BCUT2D eigenvalue weighted by Gasteiger charge is -2.07. The third kappa shape index (κ3) is 5.89. The van der Waals surface area contributed by atoms with Gasteiger partial charge in [-0.05, 0) is 31.8 Å². The zero-order valence-corrected chi connectivity index (χ0v) is 9.24. The van der Waals surface area contributed by atoms with E-state index in [2.05, 4.69) is 12.2 Å². The van der Waals surface area contributed by atoms with Crippen LogP contribution in [0.4, 0.5) is 0 Å². The standard InChI is InChI=1S/C13H18O2/c1-12(14)15-11-7-3-6-10-13-8-4-2-5-9-13/h3,6-8,10H,2,4-5,9,11H2,1H3/b7-3+,10-6+. The van der Waals surface area contributed by atoms with E-state index in [4.69, 9.17) is 4.74 Å². The maximum absolute atomic E-state index is 10.4. The van der Waals surface area contributed by atoms with Gasteiger partial charge in [0.05, 0.1) is 0 Å². The molecular weight excluding hydrogens is 188 g/mol. The normalized spacial score (nSPS) is 17.0. The van der Waals surface area contributed by atoms with Crippen LogP contribution in [0.25, 0.3) is 0 Å². The molecule has 2 nitrogen and oxygen atoms in total. The average molecular weight is 206 g/mol. The van der Waals surface area contributed by atoms with Crippen LogP contribution in [0.15, 0.2) is 36.0 Å². The van der Waals surface area contributed by atoms with Crippen molar-refractivity contribution in [3.05, 3.63) is 36.0 Å². The maximum atomic E-state index is 10.4. The van der Waals surface area contributed by atoms with Crippen molar-refractivity contribution in [3.8, 4) is 0 Å². The first-order valence-corrected chi connectivity index (χ1v) is 5.44. The Kier molecular flexibility index (Phi) is 5.52. The number of carbonyl (C=O) groups excluding carboxylic acids is 1. The van der Waals surface area contributed by atoms with Crippen LogP contribution in [-0.2, 0) is 9.53 Å². The van der Waals surface area contributed by atoms with Gasteiger partial charge in [-0.25, -0.2) is 0 Å². The molecule has 82 valence electrons. The summed E-state index contributed by atoms with van der Waals surface area (Å²) in [5.74, 6) is -0.237. The Morgan fingerprint density at radius 1 is 1.47 bits per heavy atom. The summed E-state index contributed by atoms with van der Waals surface area (Å²) in [5.41, 5.74) is 1.42. The lowest BCUT2D eigenvalue weighted by molar-refractivity contribution is -0.139. The second kappa shape index (κ2) is 7.04. The molecule has 0 unspecified atom stereocenters. The van der Waals surface area contributed by atoms with Crippen LogP contribution in [0.3, 0.4) is 0 Å². The molecule has 0 aliphatic heterocycles. The molecule has 0 amide bonds. The van der Waals surface area contributed by atoms with Crippen LogP contribution in [0.2, 0.25) is 0 Å². The van der Waals surface area contributed by atoms with Crippen molar-refractivity contribution in [2.75, 3.05) is 6.61 Å². The molecule has 1 aliphatic carbocycles. The van der Waals surface area contributed by atoms with Crippen molar-refractivity contribution in [2.24, 2.45) is 0 Å². The molecule has 0 heterocycles. The van der Waals surface area contributed by atoms with Gasteiger partial charge in [-0.1, -0.05) is 29.9 Å². The van der Waals surface area contributed by atoms with E-state index < -0.39 is 0 Å². The molecule has 0 N–H and O–H groups in total. The summed E-state index contributed by atoms with van der Waals surface area (Å²) in [5, 5.41) is 0. The molecule has 0 radical (unpaired) electrons. The van der Waals surface area contributed by atoms with Crippen molar-refractivity contribution in [1.82, 2.24) is 0 Å². The lowest BCUT2D eigenvalue weighted by atomic mass is 9.99. The molecule has 0 aromatic rings. The minimum atomic E-state index is -0.237. The SMILES string of the molecule is CC(=O)OC/C=C/C=C/C1=CCCCC1. The summed E-state index contributed by atoms with van der Waals surface area (Å²) >= 11 is 0. The van der Waals surface area contributed by atoms with Gasteiger partial charge in [-0.15, -0.1) is 0 Å². The summed E-state index contributed by atoms with van der Waals surface area (Å²) in [7, 11) is 0.